The second kappa shape index (κ2) is 5.61. The minimum atomic E-state index is -0.270. The Labute approximate surface area is 114 Å². The number of halogens is 3. The third kappa shape index (κ3) is 2.96. The van der Waals surface area contributed by atoms with Crippen LogP contribution in [0.3, 0.4) is 0 Å². The highest BCUT2D eigenvalue weighted by Crippen LogP contribution is 2.30. The molecule has 1 atom stereocenters. The van der Waals surface area contributed by atoms with Gasteiger partial charge in [-0.05, 0) is 48.2 Å². The molecule has 0 amide bonds. The molecule has 1 unspecified atom stereocenters. The van der Waals surface area contributed by atoms with E-state index in [-0.39, 0.29) is 16.5 Å². The molecule has 2 aromatic rings. The summed E-state index contributed by atoms with van der Waals surface area (Å²) in [7, 11) is 0. The molecule has 2 rings (SSSR count). The fraction of sp³-hybridized carbons (Fsp3) is 0.200. The summed E-state index contributed by atoms with van der Waals surface area (Å²) >= 11 is 3.51. The van der Waals surface area contributed by atoms with Gasteiger partial charge in [0.15, 0.2) is 0 Å². The molecule has 0 aliphatic heterocycles. The van der Waals surface area contributed by atoms with Crippen LogP contribution in [0.25, 0.3) is 0 Å². The van der Waals surface area contributed by atoms with Crippen molar-refractivity contribution < 1.29 is 8.78 Å². The minimum Gasteiger partial charge on any atom is -0.207 e. The zero-order chi connectivity index (χ0) is 13.1. The van der Waals surface area contributed by atoms with Gasteiger partial charge in [0, 0.05) is 4.83 Å². The van der Waals surface area contributed by atoms with E-state index in [0.717, 1.165) is 11.1 Å². The maximum atomic E-state index is 13.6. The van der Waals surface area contributed by atoms with Gasteiger partial charge in [-0.1, -0.05) is 40.2 Å². The van der Waals surface area contributed by atoms with Crippen LogP contribution in [0.4, 0.5) is 8.78 Å². The van der Waals surface area contributed by atoms with Gasteiger partial charge in [0.2, 0.25) is 0 Å². The van der Waals surface area contributed by atoms with E-state index < -0.39 is 0 Å². The minimum absolute atomic E-state index is 0.0925. The first-order chi connectivity index (χ1) is 8.58. The van der Waals surface area contributed by atoms with Crippen LogP contribution in [0, 0.1) is 18.6 Å². The van der Waals surface area contributed by atoms with Crippen LogP contribution >= 0.6 is 15.9 Å². The molecule has 0 nitrogen and oxygen atoms in total. The lowest BCUT2D eigenvalue weighted by molar-refractivity contribution is 0.606. The third-order valence-corrected chi connectivity index (χ3v) is 3.75. The maximum Gasteiger partial charge on any atom is 0.126 e. The molecule has 2 aromatic carbocycles. The van der Waals surface area contributed by atoms with Gasteiger partial charge in [-0.2, -0.15) is 0 Å². The predicted molar refractivity (Wildman–Crippen MR) is 72.9 cm³/mol. The van der Waals surface area contributed by atoms with Gasteiger partial charge in [-0.15, -0.1) is 0 Å². The Kier molecular flexibility index (Phi) is 4.12. The van der Waals surface area contributed by atoms with Crippen LogP contribution in [-0.4, -0.2) is 0 Å². The molecule has 0 radical (unpaired) electrons. The van der Waals surface area contributed by atoms with Crippen molar-refractivity contribution >= 4 is 15.9 Å². The summed E-state index contributed by atoms with van der Waals surface area (Å²) in [4.78, 5) is -0.0925. The molecule has 0 saturated carbocycles. The summed E-state index contributed by atoms with van der Waals surface area (Å²) in [5.41, 5.74) is 2.48. The Morgan fingerprint density at radius 3 is 2.56 bits per heavy atom. The van der Waals surface area contributed by atoms with Gasteiger partial charge in [0.1, 0.15) is 11.6 Å². The summed E-state index contributed by atoms with van der Waals surface area (Å²) in [6.07, 6.45) is 0.497. The number of aryl methyl sites for hydroxylation is 1. The standard InChI is InChI=1S/C15H13BrF2/c1-10-6-7-12(17)9-13(10)14(16)8-11-4-2-3-5-15(11)18/h2-7,9,14H,8H2,1H3. The van der Waals surface area contributed by atoms with E-state index in [1.54, 1.807) is 24.3 Å². The highest BCUT2D eigenvalue weighted by atomic mass is 79.9. The van der Waals surface area contributed by atoms with Gasteiger partial charge in [-0.3, -0.25) is 0 Å². The van der Waals surface area contributed by atoms with E-state index >= 15 is 0 Å². The largest absolute Gasteiger partial charge is 0.207 e. The fourth-order valence-corrected chi connectivity index (χ4v) is 2.76. The lowest BCUT2D eigenvalue weighted by atomic mass is 10.00. The molecule has 18 heavy (non-hydrogen) atoms. The van der Waals surface area contributed by atoms with Crippen LogP contribution in [0.2, 0.25) is 0 Å². The molecule has 0 aliphatic rings. The van der Waals surface area contributed by atoms with E-state index in [1.807, 2.05) is 6.92 Å². The zero-order valence-corrected chi connectivity index (χ0v) is 11.5. The van der Waals surface area contributed by atoms with E-state index in [2.05, 4.69) is 15.9 Å². The maximum absolute atomic E-state index is 13.6. The molecule has 0 aromatic heterocycles. The van der Waals surface area contributed by atoms with Crippen molar-refractivity contribution in [3.8, 4) is 0 Å². The van der Waals surface area contributed by atoms with Crippen LogP contribution < -0.4 is 0 Å². The van der Waals surface area contributed by atoms with Crippen LogP contribution in [0.5, 0.6) is 0 Å². The quantitative estimate of drug-likeness (QED) is 0.703. The molecule has 0 N–H and O–H groups in total. The van der Waals surface area contributed by atoms with Gasteiger partial charge in [-0.25, -0.2) is 8.78 Å². The molecular weight excluding hydrogens is 298 g/mol. The number of hydrogen-bond acceptors (Lipinski definition) is 0. The van der Waals surface area contributed by atoms with Crippen molar-refractivity contribution in [3.05, 3.63) is 70.8 Å². The first kappa shape index (κ1) is 13.2. The van der Waals surface area contributed by atoms with E-state index in [1.165, 1.54) is 18.2 Å². The monoisotopic (exact) mass is 310 g/mol. The summed E-state index contributed by atoms with van der Waals surface area (Å²) in [6, 6.07) is 11.3. The number of rotatable bonds is 3. The lowest BCUT2D eigenvalue weighted by Gasteiger charge is -2.13. The molecule has 0 heterocycles. The normalized spacial score (nSPS) is 12.4. The molecule has 0 saturated heterocycles. The van der Waals surface area contributed by atoms with E-state index in [4.69, 9.17) is 0 Å². The summed E-state index contributed by atoms with van der Waals surface area (Å²) in [5, 5.41) is 0. The first-order valence-electron chi connectivity index (χ1n) is 5.71. The second-order valence-electron chi connectivity index (χ2n) is 4.26. The molecule has 0 bridgehead atoms. The summed E-state index contributed by atoms with van der Waals surface area (Å²) in [6.45, 7) is 1.92. The van der Waals surface area contributed by atoms with Crippen LogP contribution in [-0.2, 0) is 6.42 Å². The SMILES string of the molecule is Cc1ccc(F)cc1C(Br)Cc1ccccc1F. The summed E-state index contributed by atoms with van der Waals surface area (Å²) in [5.74, 6) is -0.496. The Morgan fingerprint density at radius 1 is 1.11 bits per heavy atom. The van der Waals surface area contributed by atoms with Crippen LogP contribution in [0.1, 0.15) is 21.5 Å². The average molecular weight is 311 g/mol. The van der Waals surface area contributed by atoms with Crippen molar-refractivity contribution in [3.63, 3.8) is 0 Å². The van der Waals surface area contributed by atoms with Gasteiger partial charge < -0.3 is 0 Å². The Hall–Kier alpha value is -1.22. The average Bonchev–Trinajstić information content (AvgIpc) is 2.35. The lowest BCUT2D eigenvalue weighted by Crippen LogP contribution is -2.00. The second-order valence-corrected chi connectivity index (χ2v) is 5.37. The highest BCUT2D eigenvalue weighted by Gasteiger charge is 2.14. The van der Waals surface area contributed by atoms with Crippen molar-refractivity contribution in [1.29, 1.82) is 0 Å². The van der Waals surface area contributed by atoms with Crippen molar-refractivity contribution in [2.45, 2.75) is 18.2 Å². The third-order valence-electron chi connectivity index (χ3n) is 2.94. The van der Waals surface area contributed by atoms with E-state index in [0.29, 0.717) is 12.0 Å². The number of benzene rings is 2. The van der Waals surface area contributed by atoms with Gasteiger partial charge in [0.05, 0.1) is 0 Å². The van der Waals surface area contributed by atoms with Crippen molar-refractivity contribution in [2.75, 3.05) is 0 Å². The Bertz CT molecular complexity index is 552. The smallest absolute Gasteiger partial charge is 0.126 e. The zero-order valence-electron chi connectivity index (χ0n) is 9.96. The number of alkyl halides is 1. The topological polar surface area (TPSA) is 0 Å². The van der Waals surface area contributed by atoms with Crippen molar-refractivity contribution in [1.82, 2.24) is 0 Å². The van der Waals surface area contributed by atoms with Gasteiger partial charge >= 0.3 is 0 Å². The molecule has 94 valence electrons. The summed E-state index contributed by atoms with van der Waals surface area (Å²) < 4.78 is 26.8. The van der Waals surface area contributed by atoms with Gasteiger partial charge in [0.25, 0.3) is 0 Å². The molecule has 3 heteroatoms. The van der Waals surface area contributed by atoms with E-state index in [9.17, 15) is 8.78 Å². The Morgan fingerprint density at radius 2 is 1.83 bits per heavy atom. The fourth-order valence-electron chi connectivity index (χ4n) is 1.92. The highest BCUT2D eigenvalue weighted by molar-refractivity contribution is 9.09. The molecule has 0 fully saturated rings. The van der Waals surface area contributed by atoms with Crippen LogP contribution in [0.15, 0.2) is 42.5 Å². The predicted octanol–water partition coefficient (Wildman–Crippen LogP) is 4.95. The molecular formula is C15H13BrF2. The number of hydrogen-bond donors (Lipinski definition) is 0. The Balaban J connectivity index is 2.25. The molecule has 0 aliphatic carbocycles. The first-order valence-corrected chi connectivity index (χ1v) is 6.63. The van der Waals surface area contributed by atoms with Crippen molar-refractivity contribution in [2.24, 2.45) is 0 Å². The molecule has 0 spiro atoms.